The van der Waals surface area contributed by atoms with Crippen molar-refractivity contribution in [1.82, 2.24) is 30.5 Å². The number of Topliss-reactive ketones (excluding diaryl/α,β-unsaturated/α-hetero) is 1. The molecule has 1 heterocycles. The molecule has 15 heteroatoms. The first-order valence-corrected chi connectivity index (χ1v) is 14.2. The standard InChI is InChI=1S/C29H42N6O9/c1-21(2)28(29(40)30-3)31-26(38)18-34(4)27(39)9-10-41-11-12-42-13-14-43-15-16-44-20-23-17-35(33-32-23)24-7-5-22(6-8-24)25(37)19-36/h5-8,17,19,21,28H,9-16,18,20H2,1-4H3,(H,30,40)(H,31,38)/t28-/m0/s1. The minimum absolute atomic E-state index is 0.0907. The van der Waals surface area contributed by atoms with E-state index in [1.165, 1.54) is 19.0 Å². The number of aldehydes is 1. The highest BCUT2D eigenvalue weighted by Gasteiger charge is 2.24. The molecule has 2 N–H and O–H groups in total. The zero-order valence-electron chi connectivity index (χ0n) is 25.7. The smallest absolute Gasteiger partial charge is 0.242 e. The number of ether oxygens (including phenoxy) is 4. The number of likely N-dealkylation sites (N-methyl/N-ethyl adjacent to an activating group) is 2. The fourth-order valence-corrected chi connectivity index (χ4v) is 3.74. The lowest BCUT2D eigenvalue weighted by Gasteiger charge is -2.23. The quantitative estimate of drug-likeness (QED) is 0.0782. The van der Waals surface area contributed by atoms with Gasteiger partial charge in [0.05, 0.1) is 77.7 Å². The molecular formula is C29H42N6O9. The van der Waals surface area contributed by atoms with Gasteiger partial charge in [0, 0.05) is 19.7 Å². The van der Waals surface area contributed by atoms with Crippen LogP contribution in [0.2, 0.25) is 0 Å². The summed E-state index contributed by atoms with van der Waals surface area (Å²) in [5.74, 6) is -1.62. The fourth-order valence-electron chi connectivity index (χ4n) is 3.74. The molecule has 2 aromatic rings. The number of rotatable bonds is 22. The van der Waals surface area contributed by atoms with E-state index in [0.29, 0.717) is 56.6 Å². The van der Waals surface area contributed by atoms with Crippen molar-refractivity contribution < 1.29 is 42.9 Å². The molecule has 1 atom stereocenters. The van der Waals surface area contributed by atoms with Crippen molar-refractivity contribution in [3.8, 4) is 5.69 Å². The van der Waals surface area contributed by atoms with Gasteiger partial charge in [0.25, 0.3) is 0 Å². The highest BCUT2D eigenvalue weighted by Crippen LogP contribution is 2.10. The Morgan fingerprint density at radius 3 is 2.09 bits per heavy atom. The van der Waals surface area contributed by atoms with E-state index in [2.05, 4.69) is 20.9 Å². The maximum Gasteiger partial charge on any atom is 0.242 e. The summed E-state index contributed by atoms with van der Waals surface area (Å²) in [4.78, 5) is 59.7. The van der Waals surface area contributed by atoms with E-state index in [1.54, 1.807) is 35.1 Å². The summed E-state index contributed by atoms with van der Waals surface area (Å²) >= 11 is 0. The molecule has 3 amide bonds. The van der Waals surface area contributed by atoms with Gasteiger partial charge in [0.1, 0.15) is 11.7 Å². The number of hydrogen-bond donors (Lipinski definition) is 2. The number of nitrogens with one attached hydrogen (secondary N) is 2. The summed E-state index contributed by atoms with van der Waals surface area (Å²) < 4.78 is 23.4. The van der Waals surface area contributed by atoms with Gasteiger partial charge in [-0.2, -0.15) is 0 Å². The van der Waals surface area contributed by atoms with E-state index >= 15 is 0 Å². The van der Waals surface area contributed by atoms with Gasteiger partial charge in [-0.15, -0.1) is 5.10 Å². The second-order valence-corrected chi connectivity index (χ2v) is 9.98. The van der Waals surface area contributed by atoms with E-state index in [0.717, 1.165) is 0 Å². The van der Waals surface area contributed by atoms with Crippen molar-refractivity contribution in [2.24, 2.45) is 5.92 Å². The lowest BCUT2D eigenvalue weighted by atomic mass is 10.0. The van der Waals surface area contributed by atoms with Crippen molar-refractivity contribution >= 4 is 29.8 Å². The fraction of sp³-hybridized carbons (Fsp3) is 0.552. The molecule has 0 saturated carbocycles. The van der Waals surface area contributed by atoms with E-state index < -0.39 is 17.7 Å². The van der Waals surface area contributed by atoms with Crippen LogP contribution in [0, 0.1) is 5.92 Å². The Kier molecular flexibility index (Phi) is 16.4. The maximum absolute atomic E-state index is 12.3. The second kappa shape index (κ2) is 20.0. The van der Waals surface area contributed by atoms with Crippen molar-refractivity contribution in [2.45, 2.75) is 32.9 Å². The largest absolute Gasteiger partial charge is 0.379 e. The molecule has 0 aliphatic carbocycles. The predicted octanol–water partition coefficient (Wildman–Crippen LogP) is -0.0494. The van der Waals surface area contributed by atoms with Crippen LogP contribution in [0.4, 0.5) is 0 Å². The number of amides is 3. The molecule has 0 unspecified atom stereocenters. The molecule has 44 heavy (non-hydrogen) atoms. The van der Waals surface area contributed by atoms with Gasteiger partial charge < -0.3 is 34.5 Å². The molecule has 1 aromatic carbocycles. The number of benzene rings is 1. The Bertz CT molecular complexity index is 1200. The summed E-state index contributed by atoms with van der Waals surface area (Å²) in [6.07, 6.45) is 2.10. The van der Waals surface area contributed by atoms with Crippen LogP contribution in [0.1, 0.15) is 36.3 Å². The number of nitrogens with zero attached hydrogens (tertiary/aromatic N) is 4. The molecular weight excluding hydrogens is 576 g/mol. The maximum atomic E-state index is 12.3. The highest BCUT2D eigenvalue weighted by atomic mass is 16.6. The normalized spacial score (nSPS) is 11.7. The van der Waals surface area contributed by atoms with E-state index in [9.17, 15) is 24.0 Å². The van der Waals surface area contributed by atoms with E-state index in [-0.39, 0.29) is 50.2 Å². The molecule has 0 spiro atoms. The van der Waals surface area contributed by atoms with Crippen molar-refractivity contribution in [1.29, 1.82) is 0 Å². The van der Waals surface area contributed by atoms with Gasteiger partial charge in [-0.05, 0) is 30.2 Å². The SMILES string of the molecule is CNC(=O)[C@@H](NC(=O)CN(C)C(=O)CCOCCOCCOCCOCc1cn(-c2ccc(C(=O)C=O)cc2)nn1)C(C)C. The van der Waals surface area contributed by atoms with Crippen LogP contribution in [-0.4, -0.2) is 123 Å². The molecule has 0 saturated heterocycles. The topological polar surface area (TPSA) is 180 Å². The first-order chi connectivity index (χ1) is 21.2. The van der Waals surface area contributed by atoms with Crippen molar-refractivity contribution in [2.75, 3.05) is 66.9 Å². The summed E-state index contributed by atoms with van der Waals surface area (Å²) in [5, 5.41) is 13.3. The van der Waals surface area contributed by atoms with E-state index in [1.807, 2.05) is 13.8 Å². The van der Waals surface area contributed by atoms with Crippen LogP contribution in [0.5, 0.6) is 0 Å². The summed E-state index contributed by atoms with van der Waals surface area (Å²) in [5.41, 5.74) is 1.62. The van der Waals surface area contributed by atoms with Gasteiger partial charge in [0.2, 0.25) is 23.5 Å². The summed E-state index contributed by atoms with van der Waals surface area (Å²) in [6, 6.07) is 5.78. The van der Waals surface area contributed by atoms with Crippen molar-refractivity contribution in [3.63, 3.8) is 0 Å². The van der Waals surface area contributed by atoms with Crippen LogP contribution in [0.25, 0.3) is 5.69 Å². The third-order valence-electron chi connectivity index (χ3n) is 6.21. The first kappa shape index (κ1) is 36.1. The lowest BCUT2D eigenvalue weighted by Crippen LogP contribution is -2.51. The molecule has 0 fully saturated rings. The summed E-state index contributed by atoms with van der Waals surface area (Å²) in [7, 11) is 3.03. The highest BCUT2D eigenvalue weighted by molar-refractivity contribution is 6.33. The molecule has 0 aliphatic rings. The third-order valence-corrected chi connectivity index (χ3v) is 6.21. The monoisotopic (exact) mass is 618 g/mol. The first-order valence-electron chi connectivity index (χ1n) is 14.2. The van der Waals surface area contributed by atoms with Crippen LogP contribution < -0.4 is 10.6 Å². The van der Waals surface area contributed by atoms with Gasteiger partial charge in [-0.3, -0.25) is 24.0 Å². The van der Waals surface area contributed by atoms with Crippen LogP contribution in [0.15, 0.2) is 30.5 Å². The van der Waals surface area contributed by atoms with E-state index in [4.69, 9.17) is 18.9 Å². The molecule has 15 nitrogen and oxygen atoms in total. The summed E-state index contributed by atoms with van der Waals surface area (Å²) in [6.45, 7) is 6.08. The average molecular weight is 619 g/mol. The van der Waals surface area contributed by atoms with Crippen LogP contribution in [0.3, 0.4) is 0 Å². The molecule has 1 aromatic heterocycles. The zero-order valence-corrected chi connectivity index (χ0v) is 25.7. The average Bonchev–Trinajstić information content (AvgIpc) is 3.50. The molecule has 242 valence electrons. The predicted molar refractivity (Wildman–Crippen MR) is 157 cm³/mol. The Hall–Kier alpha value is -4.05. The Labute approximate surface area is 256 Å². The lowest BCUT2D eigenvalue weighted by molar-refractivity contribution is -0.136. The minimum Gasteiger partial charge on any atom is -0.379 e. The molecule has 0 aliphatic heterocycles. The molecule has 2 rings (SSSR count). The van der Waals surface area contributed by atoms with Crippen molar-refractivity contribution in [3.05, 3.63) is 41.7 Å². The number of aromatic nitrogens is 3. The van der Waals surface area contributed by atoms with Gasteiger partial charge in [-0.25, -0.2) is 4.68 Å². The number of carbonyl (C=O) groups is 5. The number of carbonyl (C=O) groups excluding carboxylic acids is 5. The Morgan fingerprint density at radius 2 is 1.52 bits per heavy atom. The minimum atomic E-state index is -0.665. The van der Waals surface area contributed by atoms with Gasteiger partial charge >= 0.3 is 0 Å². The number of ketones is 1. The molecule has 0 radical (unpaired) electrons. The van der Waals surface area contributed by atoms with Crippen LogP contribution >= 0.6 is 0 Å². The van der Waals surface area contributed by atoms with Gasteiger partial charge in [0.15, 0.2) is 6.29 Å². The zero-order chi connectivity index (χ0) is 32.3. The van der Waals surface area contributed by atoms with Crippen LogP contribution in [-0.2, 0) is 44.7 Å². The second-order valence-electron chi connectivity index (χ2n) is 9.98. The number of hydrogen-bond acceptors (Lipinski definition) is 11. The third kappa shape index (κ3) is 13.1. The Morgan fingerprint density at radius 1 is 0.932 bits per heavy atom. The Balaban J connectivity index is 1.45. The molecule has 0 bridgehead atoms. The van der Waals surface area contributed by atoms with Gasteiger partial charge in [-0.1, -0.05) is 19.1 Å².